The lowest BCUT2D eigenvalue weighted by Gasteiger charge is -2.03. The fourth-order valence-electron chi connectivity index (χ4n) is 1.04. The van der Waals surface area contributed by atoms with Crippen molar-refractivity contribution in [2.45, 2.75) is 40.0 Å². The summed E-state index contributed by atoms with van der Waals surface area (Å²) in [6.07, 6.45) is 5.50. The molecule has 0 saturated carbocycles. The van der Waals surface area contributed by atoms with E-state index >= 15 is 0 Å². The van der Waals surface area contributed by atoms with Crippen LogP contribution in [0.3, 0.4) is 0 Å². The monoisotopic (exact) mass is 153 g/mol. The minimum atomic E-state index is 1.14. The van der Waals surface area contributed by atoms with E-state index in [9.17, 15) is 0 Å². The average Bonchev–Trinajstić information content (AvgIpc) is 2.03. The zero-order valence-electron chi connectivity index (χ0n) is 8.15. The van der Waals surface area contributed by atoms with E-state index < -0.39 is 0 Å². The van der Waals surface area contributed by atoms with Crippen LogP contribution in [0.15, 0.2) is 16.1 Å². The number of rotatable bonds is 4. The first-order chi connectivity index (χ1) is 5.26. The van der Waals surface area contributed by atoms with E-state index in [4.69, 9.17) is 0 Å². The first-order valence-electron chi connectivity index (χ1n) is 4.37. The van der Waals surface area contributed by atoms with Crippen LogP contribution in [0.4, 0.5) is 0 Å². The van der Waals surface area contributed by atoms with Crippen molar-refractivity contribution >= 4 is 6.21 Å². The fourth-order valence-corrected chi connectivity index (χ4v) is 1.04. The van der Waals surface area contributed by atoms with Gasteiger partial charge in [0, 0.05) is 13.3 Å². The summed E-state index contributed by atoms with van der Waals surface area (Å²) in [4.78, 5) is 4.04. The molecule has 0 atom stereocenters. The molecule has 11 heavy (non-hydrogen) atoms. The number of allylic oxidation sites excluding steroid dienone is 2. The Balaban J connectivity index is 4.30. The van der Waals surface area contributed by atoms with Crippen molar-refractivity contribution in [3.63, 3.8) is 0 Å². The van der Waals surface area contributed by atoms with Gasteiger partial charge in [-0.3, -0.25) is 4.99 Å². The molecule has 0 spiro atoms. The molecule has 0 aliphatic carbocycles. The van der Waals surface area contributed by atoms with Gasteiger partial charge in [-0.1, -0.05) is 25.8 Å². The smallest absolute Gasteiger partial charge is 0.0277 e. The first kappa shape index (κ1) is 10.4. The van der Waals surface area contributed by atoms with Gasteiger partial charge in [0.15, 0.2) is 0 Å². The molecule has 0 aromatic carbocycles. The third kappa shape index (κ3) is 3.97. The van der Waals surface area contributed by atoms with Crippen LogP contribution in [0.2, 0.25) is 0 Å². The molecule has 0 fully saturated rings. The summed E-state index contributed by atoms with van der Waals surface area (Å²) in [5, 5.41) is 0. The predicted molar refractivity (Wildman–Crippen MR) is 52.3 cm³/mol. The Bertz CT molecular complexity index is 154. The molecular weight excluding hydrogens is 134 g/mol. The second-order valence-electron chi connectivity index (χ2n) is 2.80. The molecule has 1 heteroatoms. The van der Waals surface area contributed by atoms with Gasteiger partial charge in [0.25, 0.3) is 0 Å². The van der Waals surface area contributed by atoms with Crippen LogP contribution >= 0.6 is 0 Å². The third-order valence-corrected chi connectivity index (χ3v) is 1.88. The minimum Gasteiger partial charge on any atom is -0.296 e. The Morgan fingerprint density at radius 3 is 2.36 bits per heavy atom. The molecule has 0 amide bonds. The van der Waals surface area contributed by atoms with Crippen LogP contribution < -0.4 is 0 Å². The Kier molecular flexibility index (Phi) is 5.81. The zero-order chi connectivity index (χ0) is 8.69. The summed E-state index contributed by atoms with van der Waals surface area (Å²) in [7, 11) is 1.83. The minimum absolute atomic E-state index is 1.14. The molecule has 0 N–H and O–H groups in total. The zero-order valence-corrected chi connectivity index (χ0v) is 8.15. The summed E-state index contributed by atoms with van der Waals surface area (Å²) < 4.78 is 0. The second kappa shape index (κ2) is 6.14. The standard InChI is InChI=1S/C10H19N/c1-5-7-10(8-11-4)9(3)6-2/h8H,5-7H2,1-4H3/b10-9+,11-8-. The Hall–Kier alpha value is -0.590. The molecule has 0 aliphatic heterocycles. The highest BCUT2D eigenvalue weighted by Crippen LogP contribution is 2.11. The number of nitrogens with zero attached hydrogens (tertiary/aromatic N) is 1. The topological polar surface area (TPSA) is 12.4 Å². The summed E-state index contributed by atoms with van der Waals surface area (Å²) in [5.41, 5.74) is 2.88. The summed E-state index contributed by atoms with van der Waals surface area (Å²) in [5.74, 6) is 0. The van der Waals surface area contributed by atoms with E-state index in [1.54, 1.807) is 0 Å². The van der Waals surface area contributed by atoms with Crippen LogP contribution in [0.25, 0.3) is 0 Å². The lowest BCUT2D eigenvalue weighted by Crippen LogP contribution is -1.89. The average molecular weight is 153 g/mol. The van der Waals surface area contributed by atoms with Gasteiger partial charge in [-0.05, 0) is 25.3 Å². The van der Waals surface area contributed by atoms with E-state index in [1.165, 1.54) is 17.6 Å². The SMILES string of the molecule is CCCC(/C=N\C)=C(/C)CC. The van der Waals surface area contributed by atoms with Crippen molar-refractivity contribution in [3.8, 4) is 0 Å². The Morgan fingerprint density at radius 2 is 2.00 bits per heavy atom. The quantitative estimate of drug-likeness (QED) is 0.550. The molecule has 0 aliphatic rings. The van der Waals surface area contributed by atoms with Gasteiger partial charge in [0.1, 0.15) is 0 Å². The molecule has 64 valence electrons. The van der Waals surface area contributed by atoms with Crippen molar-refractivity contribution in [2.75, 3.05) is 7.05 Å². The molecule has 0 aromatic heterocycles. The van der Waals surface area contributed by atoms with Crippen molar-refractivity contribution in [3.05, 3.63) is 11.1 Å². The number of hydrogen-bond acceptors (Lipinski definition) is 1. The van der Waals surface area contributed by atoms with Gasteiger partial charge in [-0.25, -0.2) is 0 Å². The highest BCUT2D eigenvalue weighted by Gasteiger charge is 1.95. The van der Waals surface area contributed by atoms with Gasteiger partial charge < -0.3 is 0 Å². The van der Waals surface area contributed by atoms with E-state index in [-0.39, 0.29) is 0 Å². The number of hydrogen-bond donors (Lipinski definition) is 0. The molecule has 0 aromatic rings. The third-order valence-electron chi connectivity index (χ3n) is 1.88. The summed E-state index contributed by atoms with van der Waals surface area (Å²) >= 11 is 0. The van der Waals surface area contributed by atoms with Crippen LogP contribution in [-0.4, -0.2) is 13.3 Å². The largest absolute Gasteiger partial charge is 0.296 e. The second-order valence-corrected chi connectivity index (χ2v) is 2.80. The summed E-state index contributed by atoms with van der Waals surface area (Å²) in [6, 6.07) is 0. The van der Waals surface area contributed by atoms with E-state index in [0.717, 1.165) is 12.8 Å². The van der Waals surface area contributed by atoms with Crippen LogP contribution in [-0.2, 0) is 0 Å². The van der Waals surface area contributed by atoms with E-state index in [0.29, 0.717) is 0 Å². The Morgan fingerprint density at radius 1 is 1.36 bits per heavy atom. The van der Waals surface area contributed by atoms with Crippen LogP contribution in [0.5, 0.6) is 0 Å². The molecule has 0 saturated heterocycles. The maximum atomic E-state index is 4.04. The van der Waals surface area contributed by atoms with Crippen molar-refractivity contribution < 1.29 is 0 Å². The highest BCUT2D eigenvalue weighted by atomic mass is 14.6. The van der Waals surface area contributed by atoms with Gasteiger partial charge in [-0.15, -0.1) is 0 Å². The molecule has 0 rings (SSSR count). The van der Waals surface area contributed by atoms with Gasteiger partial charge in [0.2, 0.25) is 0 Å². The van der Waals surface area contributed by atoms with Crippen LogP contribution in [0, 0.1) is 0 Å². The molecule has 0 unspecified atom stereocenters. The van der Waals surface area contributed by atoms with Gasteiger partial charge >= 0.3 is 0 Å². The van der Waals surface area contributed by atoms with Crippen LogP contribution in [0.1, 0.15) is 40.0 Å². The molecule has 0 bridgehead atoms. The maximum absolute atomic E-state index is 4.04. The maximum Gasteiger partial charge on any atom is 0.0277 e. The van der Waals surface area contributed by atoms with Crippen molar-refractivity contribution in [2.24, 2.45) is 4.99 Å². The number of aliphatic imine (C=N–C) groups is 1. The molecule has 0 heterocycles. The predicted octanol–water partition coefficient (Wildman–Crippen LogP) is 3.21. The first-order valence-corrected chi connectivity index (χ1v) is 4.37. The molecule has 0 radical (unpaired) electrons. The normalized spacial score (nSPS) is 13.8. The van der Waals surface area contributed by atoms with Gasteiger partial charge in [-0.2, -0.15) is 0 Å². The Labute approximate surface area is 70.2 Å². The fraction of sp³-hybridized carbons (Fsp3) is 0.700. The van der Waals surface area contributed by atoms with Crippen molar-refractivity contribution in [1.29, 1.82) is 0 Å². The lowest BCUT2D eigenvalue weighted by molar-refractivity contribution is 0.910. The summed E-state index contributed by atoms with van der Waals surface area (Å²) in [6.45, 7) is 6.58. The lowest BCUT2D eigenvalue weighted by atomic mass is 10.0. The highest BCUT2D eigenvalue weighted by molar-refractivity contribution is 5.79. The van der Waals surface area contributed by atoms with E-state index in [2.05, 4.69) is 25.8 Å². The van der Waals surface area contributed by atoms with Crippen molar-refractivity contribution in [1.82, 2.24) is 0 Å². The molecular formula is C10H19N. The van der Waals surface area contributed by atoms with E-state index in [1.807, 2.05) is 13.3 Å². The molecule has 1 nitrogen and oxygen atoms in total. The van der Waals surface area contributed by atoms with Gasteiger partial charge in [0.05, 0.1) is 0 Å².